The summed E-state index contributed by atoms with van der Waals surface area (Å²) in [5.74, 6) is 0.279. The van der Waals surface area contributed by atoms with E-state index in [9.17, 15) is 18.0 Å². The van der Waals surface area contributed by atoms with Gasteiger partial charge in [-0.25, -0.2) is 13.1 Å². The first-order valence-corrected chi connectivity index (χ1v) is 12.7. The number of rotatable bonds is 10. The summed E-state index contributed by atoms with van der Waals surface area (Å²) in [4.78, 5) is 24.0. The first-order valence-electron chi connectivity index (χ1n) is 11.2. The average Bonchev–Trinajstić information content (AvgIpc) is 2.87. The summed E-state index contributed by atoms with van der Waals surface area (Å²) in [7, 11) is -3.78. The molecule has 0 radical (unpaired) electrons. The Labute approximate surface area is 203 Å². The molecule has 0 unspecified atom stereocenters. The smallest absolute Gasteiger partial charge is 0.307 e. The van der Waals surface area contributed by atoms with Crippen molar-refractivity contribution in [3.63, 3.8) is 0 Å². The van der Waals surface area contributed by atoms with Crippen molar-refractivity contribution in [1.82, 2.24) is 10.0 Å². The predicted molar refractivity (Wildman–Crippen MR) is 129 cm³/mol. The topological polar surface area (TPSA) is 120 Å². The molecule has 0 saturated heterocycles. The fraction of sp³-hybridized carbons (Fsp3) is 0.280. The lowest BCUT2D eigenvalue weighted by Gasteiger charge is -2.18. The van der Waals surface area contributed by atoms with Crippen LogP contribution >= 0.6 is 0 Å². The van der Waals surface area contributed by atoms with Gasteiger partial charge < -0.3 is 19.5 Å². The number of carbonyl (C=O) groups excluding carboxylic acids is 2. The van der Waals surface area contributed by atoms with E-state index in [1.54, 1.807) is 12.1 Å². The number of amides is 1. The fourth-order valence-corrected chi connectivity index (χ4v) is 4.63. The Morgan fingerprint density at radius 3 is 2.49 bits per heavy atom. The number of sulfonamides is 1. The number of esters is 1. The Kier molecular flexibility index (Phi) is 7.84. The first-order chi connectivity index (χ1) is 16.9. The van der Waals surface area contributed by atoms with Crippen LogP contribution in [0, 0.1) is 0 Å². The lowest BCUT2D eigenvalue weighted by Crippen LogP contribution is -2.31. The van der Waals surface area contributed by atoms with Gasteiger partial charge in [0, 0.05) is 13.1 Å². The van der Waals surface area contributed by atoms with Crippen LogP contribution < -0.4 is 19.5 Å². The number of fused-ring (bicyclic) bond motifs is 2. The van der Waals surface area contributed by atoms with Crippen molar-refractivity contribution >= 4 is 32.7 Å². The highest BCUT2D eigenvalue weighted by Gasteiger charge is 2.16. The zero-order valence-corrected chi connectivity index (χ0v) is 19.8. The van der Waals surface area contributed by atoms with Crippen LogP contribution in [-0.4, -0.2) is 53.2 Å². The Morgan fingerprint density at radius 1 is 0.886 bits per heavy atom. The molecule has 0 bridgehead atoms. The van der Waals surface area contributed by atoms with E-state index >= 15 is 0 Å². The molecular formula is C25H26N2O7S. The number of hydrogen-bond acceptors (Lipinski definition) is 7. The molecule has 0 aliphatic carbocycles. The van der Waals surface area contributed by atoms with Crippen molar-refractivity contribution in [2.45, 2.75) is 17.7 Å². The molecule has 1 heterocycles. The number of carbonyl (C=O) groups is 2. The fourth-order valence-electron chi connectivity index (χ4n) is 3.56. The molecule has 0 fully saturated rings. The Balaban J connectivity index is 1.15. The van der Waals surface area contributed by atoms with E-state index in [-0.39, 0.29) is 17.9 Å². The van der Waals surface area contributed by atoms with Gasteiger partial charge in [-0.3, -0.25) is 9.59 Å². The maximum Gasteiger partial charge on any atom is 0.307 e. The number of hydrogen-bond donors (Lipinski definition) is 2. The van der Waals surface area contributed by atoms with Gasteiger partial charge in [0.05, 0.1) is 11.3 Å². The molecule has 184 valence electrons. The van der Waals surface area contributed by atoms with E-state index in [0.717, 1.165) is 16.3 Å². The van der Waals surface area contributed by atoms with Gasteiger partial charge in [0.15, 0.2) is 18.1 Å². The van der Waals surface area contributed by atoms with Crippen molar-refractivity contribution < 1.29 is 32.2 Å². The molecule has 10 heteroatoms. The highest BCUT2D eigenvalue weighted by Crippen LogP contribution is 2.30. The molecule has 3 aromatic carbocycles. The van der Waals surface area contributed by atoms with Gasteiger partial charge in [-0.2, -0.15) is 0 Å². The molecule has 3 aromatic rings. The van der Waals surface area contributed by atoms with Gasteiger partial charge in [-0.1, -0.05) is 36.4 Å². The van der Waals surface area contributed by atoms with Gasteiger partial charge in [-0.05, 0) is 47.0 Å². The zero-order chi connectivity index (χ0) is 24.7. The summed E-state index contributed by atoms with van der Waals surface area (Å²) in [5, 5.41) is 4.41. The third-order valence-corrected chi connectivity index (χ3v) is 6.82. The lowest BCUT2D eigenvalue weighted by atomic mass is 10.1. The predicted octanol–water partition coefficient (Wildman–Crippen LogP) is 2.18. The van der Waals surface area contributed by atoms with Gasteiger partial charge in [0.25, 0.3) is 5.91 Å². The minimum absolute atomic E-state index is 0.113. The minimum Gasteiger partial charge on any atom is -0.486 e. The molecule has 0 aromatic heterocycles. The zero-order valence-electron chi connectivity index (χ0n) is 19.0. The van der Waals surface area contributed by atoms with Crippen molar-refractivity contribution in [3.05, 3.63) is 66.2 Å². The highest BCUT2D eigenvalue weighted by molar-refractivity contribution is 7.89. The Bertz CT molecular complexity index is 1320. The molecule has 1 amide bonds. The summed E-state index contributed by atoms with van der Waals surface area (Å²) in [5.41, 5.74) is 0.977. The highest BCUT2D eigenvalue weighted by atomic mass is 32.2. The van der Waals surface area contributed by atoms with Crippen molar-refractivity contribution in [3.8, 4) is 11.5 Å². The second-order valence-electron chi connectivity index (χ2n) is 7.90. The van der Waals surface area contributed by atoms with Crippen LogP contribution in [0.2, 0.25) is 0 Å². The second-order valence-corrected chi connectivity index (χ2v) is 9.66. The third-order valence-electron chi connectivity index (χ3n) is 5.36. The number of ether oxygens (including phenoxy) is 3. The van der Waals surface area contributed by atoms with Crippen LogP contribution in [0.25, 0.3) is 10.8 Å². The SMILES string of the molecule is O=C(COC(=O)CCNS(=O)(=O)c1ccc2ccccc2c1)NCCc1ccc2c(c1)OCCO2. The standard InChI is InChI=1S/C25H26N2O7S/c28-24(26-11-9-18-5-8-22-23(15-18)33-14-13-32-22)17-34-25(29)10-12-27-35(30,31)21-7-6-19-3-1-2-4-20(19)16-21/h1-8,15-16,27H,9-14,17H2,(H,26,28). The van der Waals surface area contributed by atoms with E-state index in [2.05, 4.69) is 10.0 Å². The van der Waals surface area contributed by atoms with Crippen molar-refractivity contribution in [1.29, 1.82) is 0 Å². The maximum atomic E-state index is 12.5. The van der Waals surface area contributed by atoms with Crippen LogP contribution in [-0.2, 0) is 30.8 Å². The third kappa shape index (κ3) is 6.71. The van der Waals surface area contributed by atoms with Crippen LogP contribution in [0.5, 0.6) is 11.5 Å². The Hall–Kier alpha value is -3.63. The average molecular weight is 499 g/mol. The molecule has 35 heavy (non-hydrogen) atoms. The van der Waals surface area contributed by atoms with E-state index in [1.165, 1.54) is 6.07 Å². The van der Waals surface area contributed by atoms with E-state index in [0.29, 0.717) is 37.7 Å². The van der Waals surface area contributed by atoms with Crippen molar-refractivity contribution in [2.75, 3.05) is 32.9 Å². The molecule has 9 nitrogen and oxygen atoms in total. The van der Waals surface area contributed by atoms with Crippen LogP contribution in [0.4, 0.5) is 0 Å². The minimum atomic E-state index is -3.78. The van der Waals surface area contributed by atoms with Gasteiger partial charge in [0.2, 0.25) is 10.0 Å². The second kappa shape index (κ2) is 11.2. The molecule has 1 aliphatic rings. The van der Waals surface area contributed by atoms with Crippen molar-refractivity contribution in [2.24, 2.45) is 0 Å². The van der Waals surface area contributed by atoms with Crippen LogP contribution in [0.3, 0.4) is 0 Å². The van der Waals surface area contributed by atoms with Gasteiger partial charge >= 0.3 is 5.97 Å². The number of nitrogens with one attached hydrogen (secondary N) is 2. The molecule has 0 saturated carbocycles. The quantitative estimate of drug-likeness (QED) is 0.411. The van der Waals surface area contributed by atoms with Gasteiger partial charge in [0.1, 0.15) is 13.2 Å². The van der Waals surface area contributed by atoms with E-state index in [1.807, 2.05) is 42.5 Å². The van der Waals surface area contributed by atoms with Gasteiger partial charge in [-0.15, -0.1) is 0 Å². The summed E-state index contributed by atoms with van der Waals surface area (Å²) in [6.45, 7) is 0.819. The summed E-state index contributed by atoms with van der Waals surface area (Å²) in [6, 6.07) is 17.8. The molecule has 1 aliphatic heterocycles. The van der Waals surface area contributed by atoms with E-state index < -0.39 is 28.5 Å². The maximum absolute atomic E-state index is 12.5. The Morgan fingerprint density at radius 2 is 1.66 bits per heavy atom. The molecule has 0 spiro atoms. The molecule has 4 rings (SSSR count). The normalized spacial score (nSPS) is 12.8. The monoisotopic (exact) mass is 498 g/mol. The molecule has 2 N–H and O–H groups in total. The lowest BCUT2D eigenvalue weighted by molar-refractivity contribution is -0.148. The van der Waals surface area contributed by atoms with Crippen LogP contribution in [0.1, 0.15) is 12.0 Å². The summed E-state index contributed by atoms with van der Waals surface area (Å²) >= 11 is 0. The summed E-state index contributed by atoms with van der Waals surface area (Å²) < 4.78 is 43.3. The number of benzene rings is 3. The van der Waals surface area contributed by atoms with E-state index in [4.69, 9.17) is 14.2 Å². The summed E-state index contributed by atoms with van der Waals surface area (Å²) in [6.07, 6.45) is 0.379. The largest absolute Gasteiger partial charge is 0.486 e. The molecule has 0 atom stereocenters. The van der Waals surface area contributed by atoms with Crippen LogP contribution in [0.15, 0.2) is 65.6 Å². The molecular weight excluding hydrogens is 472 g/mol. The first kappa shape index (κ1) is 24.5.